The molecule has 0 unspecified atom stereocenters. The molecule has 2 rings (SSSR count). The summed E-state index contributed by atoms with van der Waals surface area (Å²) in [5, 5.41) is 7.70. The average Bonchev–Trinajstić information content (AvgIpc) is 2.31. The van der Waals surface area contributed by atoms with Gasteiger partial charge in [0.05, 0.1) is 5.92 Å². The summed E-state index contributed by atoms with van der Waals surface area (Å²) in [4.78, 5) is 0. The van der Waals surface area contributed by atoms with Crippen LogP contribution in [0.1, 0.15) is 17.0 Å². The smallest absolute Gasteiger partial charge is 0.103 e. The van der Waals surface area contributed by atoms with Crippen LogP contribution in [0.5, 0.6) is 0 Å². The fraction of sp³-hybridized carbons (Fsp3) is 0.0714. The number of hydrogen-bond acceptors (Lipinski definition) is 1. The molecule has 0 aliphatic heterocycles. The van der Waals surface area contributed by atoms with E-state index in [1.165, 1.54) is 0 Å². The highest BCUT2D eigenvalue weighted by Gasteiger charge is 2.16. The zero-order chi connectivity index (χ0) is 11.4. The lowest BCUT2D eigenvalue weighted by Crippen LogP contribution is -2.21. The average molecular weight is 283 g/mol. The second-order valence-corrected chi connectivity index (χ2v) is 3.71. The van der Waals surface area contributed by atoms with E-state index in [4.69, 9.17) is 11.1 Å². The molecule has 0 radical (unpaired) electrons. The van der Waals surface area contributed by atoms with E-state index < -0.39 is 0 Å². The number of rotatable bonds is 3. The molecule has 0 heterocycles. The zero-order valence-electron chi connectivity index (χ0n) is 9.74. The van der Waals surface area contributed by atoms with Gasteiger partial charge in [-0.25, -0.2) is 0 Å². The first kappa shape index (κ1) is 16.5. The Labute approximate surface area is 120 Å². The molecular formula is C14H16Cl2N2. The molecule has 2 aromatic carbocycles. The Kier molecular flexibility index (Phi) is 7.10. The van der Waals surface area contributed by atoms with Crippen molar-refractivity contribution >= 4 is 30.6 Å². The molecule has 18 heavy (non-hydrogen) atoms. The Morgan fingerprint density at radius 1 is 0.778 bits per heavy atom. The van der Waals surface area contributed by atoms with E-state index in [0.29, 0.717) is 0 Å². The highest BCUT2D eigenvalue weighted by molar-refractivity contribution is 5.88. The summed E-state index contributed by atoms with van der Waals surface area (Å²) >= 11 is 0. The van der Waals surface area contributed by atoms with Crippen molar-refractivity contribution in [2.45, 2.75) is 5.92 Å². The molecule has 0 aromatic heterocycles. The molecule has 0 spiro atoms. The van der Waals surface area contributed by atoms with Gasteiger partial charge < -0.3 is 5.73 Å². The monoisotopic (exact) mass is 282 g/mol. The first-order valence-corrected chi connectivity index (χ1v) is 5.23. The van der Waals surface area contributed by atoms with Crippen molar-refractivity contribution in [3.63, 3.8) is 0 Å². The van der Waals surface area contributed by atoms with Crippen LogP contribution < -0.4 is 5.73 Å². The predicted octanol–water partition coefficient (Wildman–Crippen LogP) is 3.60. The zero-order valence-corrected chi connectivity index (χ0v) is 11.4. The van der Waals surface area contributed by atoms with E-state index in [-0.39, 0.29) is 36.6 Å². The van der Waals surface area contributed by atoms with Crippen LogP contribution >= 0.6 is 24.8 Å². The quantitative estimate of drug-likeness (QED) is 0.656. The van der Waals surface area contributed by atoms with Gasteiger partial charge in [0.25, 0.3) is 0 Å². The SMILES string of the molecule is Cl.Cl.N=C(N)C(c1ccccc1)c1ccccc1. The van der Waals surface area contributed by atoms with Crippen molar-refractivity contribution in [2.24, 2.45) is 5.73 Å². The maximum absolute atomic E-state index is 7.70. The molecule has 4 heteroatoms. The molecule has 0 atom stereocenters. The predicted molar refractivity (Wildman–Crippen MR) is 81.1 cm³/mol. The Bertz CT molecular complexity index is 432. The minimum atomic E-state index is -0.137. The maximum Gasteiger partial charge on any atom is 0.103 e. The number of halogens is 2. The topological polar surface area (TPSA) is 49.9 Å². The summed E-state index contributed by atoms with van der Waals surface area (Å²) in [6.45, 7) is 0. The second kappa shape index (κ2) is 7.75. The van der Waals surface area contributed by atoms with Crippen LogP contribution in [0.15, 0.2) is 60.7 Å². The summed E-state index contributed by atoms with van der Waals surface area (Å²) < 4.78 is 0. The molecule has 0 amide bonds. The minimum Gasteiger partial charge on any atom is -0.387 e. The highest BCUT2D eigenvalue weighted by atomic mass is 35.5. The maximum atomic E-state index is 7.70. The fourth-order valence-corrected chi connectivity index (χ4v) is 1.84. The van der Waals surface area contributed by atoms with Crippen molar-refractivity contribution in [3.05, 3.63) is 71.8 Å². The van der Waals surface area contributed by atoms with Crippen molar-refractivity contribution < 1.29 is 0 Å². The van der Waals surface area contributed by atoms with Crippen molar-refractivity contribution in [1.82, 2.24) is 0 Å². The van der Waals surface area contributed by atoms with Crippen LogP contribution in [0.25, 0.3) is 0 Å². The lowest BCUT2D eigenvalue weighted by atomic mass is 9.90. The van der Waals surface area contributed by atoms with Gasteiger partial charge in [-0.3, -0.25) is 5.41 Å². The van der Waals surface area contributed by atoms with Gasteiger partial charge in [-0.15, -0.1) is 24.8 Å². The molecule has 0 fully saturated rings. The second-order valence-electron chi connectivity index (χ2n) is 3.71. The van der Waals surface area contributed by atoms with Gasteiger partial charge in [0.1, 0.15) is 5.84 Å². The van der Waals surface area contributed by atoms with Gasteiger partial charge in [0.2, 0.25) is 0 Å². The van der Waals surface area contributed by atoms with Crippen LogP contribution in [0, 0.1) is 5.41 Å². The van der Waals surface area contributed by atoms with Crippen LogP contribution in [-0.4, -0.2) is 5.84 Å². The molecule has 2 aromatic rings. The van der Waals surface area contributed by atoms with E-state index in [1.54, 1.807) is 0 Å². The summed E-state index contributed by atoms with van der Waals surface area (Å²) in [6, 6.07) is 19.8. The molecule has 96 valence electrons. The molecule has 0 aliphatic carbocycles. The molecule has 0 saturated carbocycles. The Balaban J connectivity index is 0.00000144. The fourth-order valence-electron chi connectivity index (χ4n) is 1.84. The molecule has 0 saturated heterocycles. The highest BCUT2D eigenvalue weighted by Crippen LogP contribution is 2.23. The molecule has 0 aliphatic rings. The summed E-state index contributed by atoms with van der Waals surface area (Å²) in [6.07, 6.45) is 0. The van der Waals surface area contributed by atoms with Crippen LogP contribution in [0.3, 0.4) is 0 Å². The Morgan fingerprint density at radius 2 is 1.11 bits per heavy atom. The molecular weight excluding hydrogens is 267 g/mol. The first-order chi connectivity index (χ1) is 7.79. The number of benzene rings is 2. The van der Waals surface area contributed by atoms with Crippen LogP contribution in [0.4, 0.5) is 0 Å². The van der Waals surface area contributed by atoms with E-state index in [1.807, 2.05) is 60.7 Å². The van der Waals surface area contributed by atoms with Crippen molar-refractivity contribution in [2.75, 3.05) is 0 Å². The molecule has 2 nitrogen and oxygen atoms in total. The third kappa shape index (κ3) is 3.76. The third-order valence-electron chi connectivity index (χ3n) is 2.58. The van der Waals surface area contributed by atoms with Gasteiger partial charge in [-0.2, -0.15) is 0 Å². The van der Waals surface area contributed by atoms with Gasteiger partial charge in [-0.05, 0) is 11.1 Å². The standard InChI is InChI=1S/C14H14N2.2ClH/c15-14(16)13(11-7-3-1-4-8-11)12-9-5-2-6-10-12;;/h1-10,13H,(H3,15,16);2*1H. The number of amidine groups is 1. The number of nitrogens with two attached hydrogens (primary N) is 1. The normalized spacial score (nSPS) is 9.17. The number of nitrogens with one attached hydrogen (secondary N) is 1. The Morgan fingerprint density at radius 3 is 1.39 bits per heavy atom. The third-order valence-corrected chi connectivity index (χ3v) is 2.58. The van der Waals surface area contributed by atoms with Gasteiger partial charge in [-0.1, -0.05) is 60.7 Å². The number of hydrogen-bond donors (Lipinski definition) is 2. The van der Waals surface area contributed by atoms with E-state index in [2.05, 4.69) is 0 Å². The molecule has 0 bridgehead atoms. The summed E-state index contributed by atoms with van der Waals surface area (Å²) in [5.74, 6) is 0.0415. The summed E-state index contributed by atoms with van der Waals surface area (Å²) in [7, 11) is 0. The van der Waals surface area contributed by atoms with Gasteiger partial charge in [0.15, 0.2) is 0 Å². The van der Waals surface area contributed by atoms with E-state index in [9.17, 15) is 0 Å². The van der Waals surface area contributed by atoms with E-state index >= 15 is 0 Å². The van der Waals surface area contributed by atoms with E-state index in [0.717, 1.165) is 11.1 Å². The van der Waals surface area contributed by atoms with Crippen molar-refractivity contribution in [1.29, 1.82) is 5.41 Å². The lowest BCUT2D eigenvalue weighted by Gasteiger charge is -2.16. The first-order valence-electron chi connectivity index (χ1n) is 5.23. The van der Waals surface area contributed by atoms with Crippen LogP contribution in [-0.2, 0) is 0 Å². The van der Waals surface area contributed by atoms with Gasteiger partial charge >= 0.3 is 0 Å². The summed E-state index contributed by atoms with van der Waals surface area (Å²) in [5.41, 5.74) is 7.80. The Hall–Kier alpha value is -1.51. The van der Waals surface area contributed by atoms with Gasteiger partial charge in [0, 0.05) is 0 Å². The van der Waals surface area contributed by atoms with Crippen LogP contribution in [0.2, 0.25) is 0 Å². The minimum absolute atomic E-state index is 0. The molecule has 3 N–H and O–H groups in total. The largest absolute Gasteiger partial charge is 0.387 e. The lowest BCUT2D eigenvalue weighted by molar-refractivity contribution is 1.04. The van der Waals surface area contributed by atoms with Crippen molar-refractivity contribution in [3.8, 4) is 0 Å².